The number of hydrogen-bond donors (Lipinski definition) is 1. The topological polar surface area (TPSA) is 140 Å². The maximum Gasteiger partial charge on any atom is 0.330 e. The van der Waals surface area contributed by atoms with Crippen LogP contribution >= 0.6 is 0 Å². The second kappa shape index (κ2) is 11.0. The number of benzene rings is 2. The first-order chi connectivity index (χ1) is 17.2. The van der Waals surface area contributed by atoms with Gasteiger partial charge in [-0.3, -0.25) is 9.59 Å². The third-order valence-corrected chi connectivity index (χ3v) is 8.61. The van der Waals surface area contributed by atoms with Gasteiger partial charge in [0.2, 0.25) is 10.5 Å². The molecule has 0 amide bonds. The first-order valence-corrected chi connectivity index (χ1v) is 12.5. The van der Waals surface area contributed by atoms with E-state index in [0.717, 1.165) is 14.2 Å². The van der Waals surface area contributed by atoms with E-state index in [0.29, 0.717) is 34.1 Å². The summed E-state index contributed by atoms with van der Waals surface area (Å²) >= 11 is 0. The average molecular weight is 525 g/mol. The Balaban J connectivity index is 2.25. The van der Waals surface area contributed by atoms with Gasteiger partial charge in [0.1, 0.15) is 12.1 Å². The molecule has 1 aliphatic rings. The Morgan fingerprint density at radius 2 is 1.00 bits per heavy atom. The lowest BCUT2D eigenvalue weighted by Crippen LogP contribution is -2.94. The summed E-state index contributed by atoms with van der Waals surface area (Å²) in [4.78, 5) is 25.7. The van der Waals surface area contributed by atoms with Crippen molar-refractivity contribution in [3.63, 3.8) is 0 Å². The Morgan fingerprint density at radius 3 is 1.31 bits per heavy atom. The summed E-state index contributed by atoms with van der Waals surface area (Å²) in [6.07, 6.45) is 0. The van der Waals surface area contributed by atoms with Crippen molar-refractivity contribution in [1.29, 1.82) is 0 Å². The van der Waals surface area contributed by atoms with Crippen LogP contribution in [-0.4, -0.2) is 73.5 Å². The summed E-state index contributed by atoms with van der Waals surface area (Å²) in [5.41, 5.74) is 0.917. The molecular weight excluding hydrogens is 494 g/mol. The smallest absolute Gasteiger partial charge is 0.330 e. The monoisotopic (exact) mass is 524 g/mol. The van der Waals surface area contributed by atoms with Crippen molar-refractivity contribution in [3.8, 4) is 23.0 Å². The molecule has 1 aliphatic heterocycles. The molecule has 0 saturated carbocycles. The molecule has 0 unspecified atom stereocenters. The Kier molecular flexibility index (Phi) is 8.31. The Morgan fingerprint density at radius 1 is 0.639 bits per heavy atom. The summed E-state index contributed by atoms with van der Waals surface area (Å²) < 4.78 is 58.9. The molecule has 1 saturated heterocycles. The van der Waals surface area contributed by atoms with Crippen molar-refractivity contribution >= 4 is 21.8 Å². The normalized spacial score (nSPS) is 22.7. The van der Waals surface area contributed by atoms with Crippen molar-refractivity contribution in [2.75, 3.05) is 42.7 Å². The van der Waals surface area contributed by atoms with Crippen LogP contribution in [0.5, 0.6) is 23.0 Å². The van der Waals surface area contributed by atoms with Gasteiger partial charge in [0.15, 0.2) is 32.8 Å². The third-order valence-electron chi connectivity index (χ3n) is 6.23. The zero-order valence-electron chi connectivity index (χ0n) is 20.8. The van der Waals surface area contributed by atoms with Crippen molar-refractivity contribution < 1.29 is 51.7 Å². The van der Waals surface area contributed by atoms with Gasteiger partial charge in [-0.2, -0.15) is 0 Å². The molecule has 0 aliphatic carbocycles. The van der Waals surface area contributed by atoms with E-state index in [4.69, 9.17) is 28.4 Å². The number of hydrogen-bond acceptors (Lipinski definition) is 10. The van der Waals surface area contributed by atoms with Crippen LogP contribution in [0.3, 0.4) is 0 Å². The van der Waals surface area contributed by atoms with Gasteiger partial charge in [-0.1, -0.05) is 0 Å². The molecule has 0 radical (unpaired) electrons. The fourth-order valence-electron chi connectivity index (χ4n) is 4.48. The lowest BCUT2D eigenvalue weighted by Gasteiger charge is -2.37. The van der Waals surface area contributed by atoms with Crippen molar-refractivity contribution in [3.05, 3.63) is 47.5 Å². The molecule has 0 spiro atoms. The Bertz CT molecular complexity index is 1140. The second-order valence-corrected chi connectivity index (χ2v) is 10.1. The minimum Gasteiger partial charge on any atom is -0.493 e. The zero-order valence-corrected chi connectivity index (χ0v) is 21.7. The Labute approximate surface area is 209 Å². The molecule has 2 aromatic rings. The minimum atomic E-state index is -4.48. The number of esters is 2. The number of methoxy groups -OCH3 is 6. The molecule has 3 rings (SSSR count). The van der Waals surface area contributed by atoms with Crippen LogP contribution in [0.15, 0.2) is 36.4 Å². The number of rotatable bonds is 8. The summed E-state index contributed by atoms with van der Waals surface area (Å²) in [7, 11) is 3.55. The molecule has 4 atom stereocenters. The lowest BCUT2D eigenvalue weighted by atomic mass is 9.96. The molecule has 12 heteroatoms. The van der Waals surface area contributed by atoms with Gasteiger partial charge in [-0.25, -0.2) is 8.42 Å². The largest absolute Gasteiger partial charge is 0.493 e. The molecule has 2 N–H and O–H groups in total. The fraction of sp³-hybridized carbons (Fsp3) is 0.417. The van der Waals surface area contributed by atoms with E-state index < -0.39 is 44.4 Å². The standard InChI is InChI=1S/C24H29NO10S/c1-30-15-9-7-13(11-17(15)32-3)19-21(23(26)34-5)36(28,29)22(24(27)35-6)20(25-19)14-8-10-16(31-2)18(12-14)33-4/h7-12,19-22,25H,1-6H3/p+1/t19-,20-,21-,22+/m0/s1. The number of carbonyl (C=O) groups is 2. The first-order valence-electron chi connectivity index (χ1n) is 10.9. The molecule has 196 valence electrons. The molecule has 36 heavy (non-hydrogen) atoms. The SMILES string of the molecule is COC(=O)[C@@H]1[C@H](c2ccc(OC)c(OC)c2)[NH2+][C@@H](c2ccc(OC)c(OC)c2)[C@H](C(=O)OC)S1(=O)=O. The zero-order chi connectivity index (χ0) is 26.6. The van der Waals surface area contributed by atoms with E-state index >= 15 is 0 Å². The number of carbonyl (C=O) groups excluding carboxylic acids is 2. The molecule has 0 aromatic heterocycles. The van der Waals surface area contributed by atoms with Crippen molar-refractivity contribution in [2.24, 2.45) is 0 Å². The van der Waals surface area contributed by atoms with E-state index in [2.05, 4.69) is 0 Å². The van der Waals surface area contributed by atoms with E-state index in [9.17, 15) is 18.0 Å². The first kappa shape index (κ1) is 27.1. The van der Waals surface area contributed by atoms with Gasteiger partial charge >= 0.3 is 11.9 Å². The maximum absolute atomic E-state index is 13.9. The van der Waals surface area contributed by atoms with E-state index in [1.165, 1.54) is 28.4 Å². The van der Waals surface area contributed by atoms with Crippen LogP contribution in [0.2, 0.25) is 0 Å². The van der Waals surface area contributed by atoms with Crippen LogP contribution in [0.25, 0.3) is 0 Å². The van der Waals surface area contributed by atoms with Gasteiger partial charge in [-0.05, 0) is 36.4 Å². The van der Waals surface area contributed by atoms with Crippen LogP contribution in [0.1, 0.15) is 23.2 Å². The lowest BCUT2D eigenvalue weighted by molar-refractivity contribution is -0.734. The minimum absolute atomic E-state index is 0.349. The van der Waals surface area contributed by atoms with Crippen LogP contribution in [-0.2, 0) is 28.9 Å². The predicted molar refractivity (Wildman–Crippen MR) is 127 cm³/mol. The van der Waals surface area contributed by atoms with E-state index in [1.807, 2.05) is 0 Å². The van der Waals surface area contributed by atoms with Gasteiger partial charge in [0.05, 0.1) is 42.7 Å². The quantitative estimate of drug-likeness (QED) is 0.488. The maximum atomic E-state index is 13.9. The van der Waals surface area contributed by atoms with Crippen LogP contribution < -0.4 is 24.3 Å². The second-order valence-electron chi connectivity index (χ2n) is 7.95. The van der Waals surface area contributed by atoms with Gasteiger partial charge < -0.3 is 33.7 Å². The highest BCUT2D eigenvalue weighted by atomic mass is 32.2. The van der Waals surface area contributed by atoms with Crippen LogP contribution in [0.4, 0.5) is 0 Å². The molecule has 11 nitrogen and oxygen atoms in total. The number of sulfone groups is 1. The highest BCUT2D eigenvalue weighted by Gasteiger charge is 2.60. The highest BCUT2D eigenvalue weighted by Crippen LogP contribution is 2.38. The fourth-order valence-corrected chi connectivity index (χ4v) is 6.84. The van der Waals surface area contributed by atoms with Crippen molar-refractivity contribution in [2.45, 2.75) is 22.6 Å². The van der Waals surface area contributed by atoms with Crippen molar-refractivity contribution in [1.82, 2.24) is 0 Å². The number of ether oxygens (including phenoxy) is 6. The molecule has 2 aromatic carbocycles. The van der Waals surface area contributed by atoms with Gasteiger partial charge in [-0.15, -0.1) is 0 Å². The molecular formula is C24H30NO10S+. The number of nitrogens with two attached hydrogens (primary N) is 1. The summed E-state index contributed by atoms with van der Waals surface area (Å²) in [6, 6.07) is 7.71. The molecule has 1 fully saturated rings. The Hall–Kier alpha value is -3.51. The average Bonchev–Trinajstić information content (AvgIpc) is 2.90. The summed E-state index contributed by atoms with van der Waals surface area (Å²) in [6.45, 7) is 0. The van der Waals surface area contributed by atoms with E-state index in [1.54, 1.807) is 41.7 Å². The van der Waals surface area contributed by atoms with Gasteiger partial charge in [0.25, 0.3) is 0 Å². The van der Waals surface area contributed by atoms with E-state index in [-0.39, 0.29) is 0 Å². The molecule has 0 bridgehead atoms. The summed E-state index contributed by atoms with van der Waals surface area (Å²) in [5.74, 6) is -0.433. The number of quaternary nitrogens is 1. The predicted octanol–water partition coefficient (Wildman–Crippen LogP) is 0.578. The highest BCUT2D eigenvalue weighted by molar-refractivity contribution is 7.94. The third kappa shape index (κ3) is 4.78. The summed E-state index contributed by atoms with van der Waals surface area (Å²) in [5, 5.41) is -1.74. The van der Waals surface area contributed by atoms with Gasteiger partial charge in [0, 0.05) is 11.1 Å². The molecule has 1 heterocycles. The van der Waals surface area contributed by atoms with Crippen LogP contribution in [0, 0.1) is 0 Å².